The molecule has 0 spiro atoms. The van der Waals surface area contributed by atoms with Gasteiger partial charge >= 0.3 is 12.3 Å². The topological polar surface area (TPSA) is 97.0 Å². The van der Waals surface area contributed by atoms with Crippen molar-refractivity contribution in [3.05, 3.63) is 23.8 Å². The second-order valence-corrected chi connectivity index (χ2v) is 7.84. The smallest absolute Gasteiger partial charge is 0.416 e. The van der Waals surface area contributed by atoms with Crippen LogP contribution in [-0.2, 0) is 20.5 Å². The molecule has 2 unspecified atom stereocenters. The lowest BCUT2D eigenvalue weighted by Crippen LogP contribution is -2.53. The Morgan fingerprint density at radius 2 is 1.93 bits per heavy atom. The van der Waals surface area contributed by atoms with E-state index in [1.165, 1.54) is 14.0 Å². The summed E-state index contributed by atoms with van der Waals surface area (Å²) < 4.78 is 49.2. The normalized spacial score (nSPS) is 17.6. The molecule has 0 aliphatic carbocycles. The van der Waals surface area contributed by atoms with E-state index in [1.807, 2.05) is 0 Å². The van der Waals surface area contributed by atoms with Gasteiger partial charge in [0.05, 0.1) is 11.3 Å². The molecule has 30 heavy (non-hydrogen) atoms. The number of amides is 3. The van der Waals surface area contributed by atoms with E-state index >= 15 is 0 Å². The minimum absolute atomic E-state index is 0.0482. The maximum Gasteiger partial charge on any atom is 0.416 e. The van der Waals surface area contributed by atoms with E-state index < -0.39 is 47.3 Å². The van der Waals surface area contributed by atoms with Crippen LogP contribution in [0.2, 0.25) is 0 Å². The number of rotatable bonds is 3. The molecule has 2 atom stereocenters. The Morgan fingerprint density at radius 1 is 1.30 bits per heavy atom. The SMILES string of the molecule is CC(C(=O)NC1COc2ccc(C(F)(F)F)cc2NC1=O)N(C)C(=O)OC(C)(C)C. The third-order valence-corrected chi connectivity index (χ3v) is 4.25. The van der Waals surface area contributed by atoms with Gasteiger partial charge in [0.15, 0.2) is 0 Å². The van der Waals surface area contributed by atoms with E-state index in [9.17, 15) is 27.6 Å². The first-order valence-electron chi connectivity index (χ1n) is 9.10. The third-order valence-electron chi connectivity index (χ3n) is 4.25. The summed E-state index contributed by atoms with van der Waals surface area (Å²) in [6.07, 6.45) is -5.31. The first-order valence-corrected chi connectivity index (χ1v) is 9.10. The standard InChI is InChI=1S/C19H24F3N3O5/c1-10(25(5)17(28)30-18(2,3)4)15(26)24-13-9-29-14-7-6-11(19(20,21)22)8-12(14)23-16(13)27/h6-8,10,13H,9H2,1-5H3,(H,23,27)(H,24,26). The highest BCUT2D eigenvalue weighted by Crippen LogP contribution is 2.35. The maximum atomic E-state index is 12.9. The molecule has 2 rings (SSSR count). The van der Waals surface area contributed by atoms with Crippen LogP contribution in [0.1, 0.15) is 33.3 Å². The van der Waals surface area contributed by atoms with Crippen molar-refractivity contribution in [2.45, 2.75) is 51.6 Å². The maximum absolute atomic E-state index is 12.9. The summed E-state index contributed by atoms with van der Waals surface area (Å²) in [6, 6.07) is 0.545. The number of carbonyl (C=O) groups excluding carboxylic acids is 3. The van der Waals surface area contributed by atoms with Gasteiger partial charge in [-0.3, -0.25) is 14.5 Å². The summed E-state index contributed by atoms with van der Waals surface area (Å²) in [6.45, 7) is 6.19. The van der Waals surface area contributed by atoms with Crippen molar-refractivity contribution in [1.29, 1.82) is 0 Å². The molecule has 2 N–H and O–H groups in total. The molecule has 1 aliphatic heterocycles. The zero-order chi connectivity index (χ0) is 22.9. The van der Waals surface area contributed by atoms with Crippen molar-refractivity contribution in [1.82, 2.24) is 10.2 Å². The molecule has 0 saturated heterocycles. The van der Waals surface area contributed by atoms with E-state index in [4.69, 9.17) is 9.47 Å². The Hall–Kier alpha value is -2.98. The van der Waals surface area contributed by atoms with Crippen LogP contribution in [0, 0.1) is 0 Å². The predicted octanol–water partition coefficient (Wildman–Crippen LogP) is 2.78. The summed E-state index contributed by atoms with van der Waals surface area (Å²) in [4.78, 5) is 38.1. The lowest BCUT2D eigenvalue weighted by atomic mass is 10.1. The third kappa shape index (κ3) is 5.77. The van der Waals surface area contributed by atoms with Crippen LogP contribution in [0.3, 0.4) is 0 Å². The molecule has 1 heterocycles. The Bertz CT molecular complexity index is 836. The Labute approximate surface area is 171 Å². The van der Waals surface area contributed by atoms with Crippen LogP contribution in [-0.4, -0.2) is 54.1 Å². The van der Waals surface area contributed by atoms with E-state index in [0.29, 0.717) is 0 Å². The number of benzene rings is 1. The van der Waals surface area contributed by atoms with Crippen LogP contribution in [0.4, 0.5) is 23.7 Å². The van der Waals surface area contributed by atoms with Crippen molar-refractivity contribution in [3.63, 3.8) is 0 Å². The number of hydrogen-bond donors (Lipinski definition) is 2. The van der Waals surface area contributed by atoms with Gasteiger partial charge in [-0.2, -0.15) is 13.2 Å². The Balaban J connectivity index is 2.06. The minimum atomic E-state index is -4.58. The molecule has 166 valence electrons. The summed E-state index contributed by atoms with van der Waals surface area (Å²) in [5.41, 5.74) is -1.84. The number of nitrogens with one attached hydrogen (secondary N) is 2. The Morgan fingerprint density at radius 3 is 2.50 bits per heavy atom. The fraction of sp³-hybridized carbons (Fsp3) is 0.526. The average molecular weight is 431 g/mol. The molecule has 8 nitrogen and oxygen atoms in total. The van der Waals surface area contributed by atoms with E-state index in [2.05, 4.69) is 10.6 Å². The summed E-state index contributed by atoms with van der Waals surface area (Å²) in [5.74, 6) is -1.35. The van der Waals surface area contributed by atoms with Gasteiger partial charge in [-0.25, -0.2) is 4.79 Å². The molecule has 0 fully saturated rings. The number of fused-ring (bicyclic) bond motifs is 1. The first-order chi connectivity index (χ1) is 13.7. The second kappa shape index (κ2) is 8.41. The molecule has 11 heteroatoms. The van der Waals surface area contributed by atoms with E-state index in [1.54, 1.807) is 20.8 Å². The van der Waals surface area contributed by atoms with Gasteiger partial charge in [0.2, 0.25) is 5.91 Å². The van der Waals surface area contributed by atoms with Crippen LogP contribution < -0.4 is 15.4 Å². The molecule has 0 radical (unpaired) electrons. The zero-order valence-corrected chi connectivity index (χ0v) is 17.2. The molecule has 0 saturated carbocycles. The molecule has 3 amide bonds. The fourth-order valence-electron chi connectivity index (χ4n) is 2.47. The molecule has 0 aromatic heterocycles. The number of nitrogens with zero attached hydrogens (tertiary/aromatic N) is 1. The van der Waals surface area contributed by atoms with Crippen molar-refractivity contribution < 1.29 is 37.0 Å². The molecule has 0 bridgehead atoms. The van der Waals surface area contributed by atoms with E-state index in [-0.39, 0.29) is 18.0 Å². The lowest BCUT2D eigenvalue weighted by Gasteiger charge is -2.28. The number of ether oxygens (including phenoxy) is 2. The highest BCUT2D eigenvalue weighted by molar-refractivity contribution is 5.99. The zero-order valence-electron chi connectivity index (χ0n) is 17.2. The van der Waals surface area contributed by atoms with Crippen LogP contribution in [0.5, 0.6) is 5.75 Å². The largest absolute Gasteiger partial charge is 0.489 e. The number of carbonyl (C=O) groups is 3. The summed E-state index contributed by atoms with van der Waals surface area (Å²) in [7, 11) is 1.37. The molecule has 1 aromatic carbocycles. The molecular formula is C19H24F3N3O5. The first kappa shape index (κ1) is 23.3. The number of halogens is 3. The second-order valence-electron chi connectivity index (χ2n) is 7.84. The van der Waals surface area contributed by atoms with Gasteiger partial charge in [-0.15, -0.1) is 0 Å². The predicted molar refractivity (Wildman–Crippen MR) is 101 cm³/mol. The lowest BCUT2D eigenvalue weighted by molar-refractivity contribution is -0.137. The van der Waals surface area contributed by atoms with Gasteiger partial charge in [0, 0.05) is 7.05 Å². The molecule has 1 aliphatic rings. The fourth-order valence-corrected chi connectivity index (χ4v) is 2.47. The van der Waals surface area contributed by atoms with Gasteiger partial charge in [0.25, 0.3) is 5.91 Å². The van der Waals surface area contributed by atoms with Gasteiger partial charge < -0.3 is 20.1 Å². The van der Waals surface area contributed by atoms with Crippen molar-refractivity contribution >= 4 is 23.6 Å². The van der Waals surface area contributed by atoms with Crippen molar-refractivity contribution in [3.8, 4) is 5.75 Å². The highest BCUT2D eigenvalue weighted by atomic mass is 19.4. The molecular weight excluding hydrogens is 407 g/mol. The minimum Gasteiger partial charge on any atom is -0.489 e. The quantitative estimate of drug-likeness (QED) is 0.767. The van der Waals surface area contributed by atoms with Crippen LogP contribution in [0.25, 0.3) is 0 Å². The number of likely N-dealkylation sites (N-methyl/N-ethyl adjacent to an activating group) is 1. The van der Waals surface area contributed by atoms with Gasteiger partial charge in [0.1, 0.15) is 30.0 Å². The van der Waals surface area contributed by atoms with Gasteiger partial charge in [-0.1, -0.05) is 0 Å². The highest BCUT2D eigenvalue weighted by Gasteiger charge is 2.34. The number of anilines is 1. The average Bonchev–Trinajstić information content (AvgIpc) is 2.76. The van der Waals surface area contributed by atoms with Gasteiger partial charge in [-0.05, 0) is 45.9 Å². The Kier molecular flexibility index (Phi) is 6.53. The van der Waals surface area contributed by atoms with Crippen LogP contribution >= 0.6 is 0 Å². The summed E-state index contributed by atoms with van der Waals surface area (Å²) >= 11 is 0. The van der Waals surface area contributed by atoms with Crippen molar-refractivity contribution in [2.24, 2.45) is 0 Å². The molecule has 1 aromatic rings. The number of alkyl halides is 3. The van der Waals surface area contributed by atoms with Crippen molar-refractivity contribution in [2.75, 3.05) is 19.0 Å². The monoisotopic (exact) mass is 431 g/mol. The van der Waals surface area contributed by atoms with Crippen LogP contribution in [0.15, 0.2) is 18.2 Å². The number of hydrogen-bond acceptors (Lipinski definition) is 5. The van der Waals surface area contributed by atoms with E-state index in [0.717, 1.165) is 23.1 Å². The summed E-state index contributed by atoms with van der Waals surface area (Å²) in [5, 5.41) is 4.77.